The number of hydrogen-bond donors (Lipinski definition) is 1. The minimum absolute atomic E-state index is 0. The third-order valence-corrected chi connectivity index (χ3v) is 14.5. The normalized spacial score (nSPS) is 11.7. The molecule has 218 valence electrons. The van der Waals surface area contributed by atoms with Gasteiger partial charge in [-0.1, -0.05) is 53.1 Å². The first-order valence-corrected chi connectivity index (χ1v) is 17.2. The fourth-order valence-corrected chi connectivity index (χ4v) is 11.1. The summed E-state index contributed by atoms with van der Waals surface area (Å²) in [5.41, 5.74) is 3.59. The highest BCUT2D eigenvalue weighted by molar-refractivity contribution is 8.01. The monoisotopic (exact) mass is 654 g/mol. The number of halogens is 1. The molecule has 4 aromatic rings. The summed E-state index contributed by atoms with van der Waals surface area (Å²) in [5.74, 6) is 0.968. The van der Waals surface area contributed by atoms with Gasteiger partial charge in [-0.15, -0.1) is 0 Å². The van der Waals surface area contributed by atoms with Crippen LogP contribution >= 0.6 is 7.26 Å². The lowest BCUT2D eigenvalue weighted by molar-refractivity contribution is -0.0000139. The van der Waals surface area contributed by atoms with E-state index in [1.165, 1.54) is 32.6 Å². The van der Waals surface area contributed by atoms with Crippen molar-refractivity contribution in [3.05, 3.63) is 108 Å². The first kappa shape index (κ1) is 33.0. The smallest absolute Gasteiger partial charge is 0.500 e. The molecule has 0 aliphatic carbocycles. The predicted molar refractivity (Wildman–Crippen MR) is 169 cm³/mol. The van der Waals surface area contributed by atoms with Gasteiger partial charge in [0.05, 0.1) is 6.61 Å². The maximum Gasteiger partial charge on any atom is 0.500 e. The molecule has 0 aliphatic rings. The molecule has 0 heterocycles. The lowest BCUT2D eigenvalue weighted by Crippen LogP contribution is -3.00. The van der Waals surface area contributed by atoms with E-state index in [0.29, 0.717) is 19.1 Å². The van der Waals surface area contributed by atoms with Crippen LogP contribution in [0, 0.1) is 20.8 Å². The summed E-state index contributed by atoms with van der Waals surface area (Å²) in [6.45, 7) is 6.77. The maximum atomic E-state index is 10.9. The number of aryl methyl sites for hydroxylation is 3. The topological polar surface area (TPSA) is 57.2 Å². The van der Waals surface area contributed by atoms with Crippen molar-refractivity contribution in [3.63, 3.8) is 0 Å². The van der Waals surface area contributed by atoms with E-state index >= 15 is 0 Å². The third-order valence-electron chi connectivity index (χ3n) is 7.39. The van der Waals surface area contributed by atoms with Gasteiger partial charge in [-0.2, -0.15) is 0 Å². The summed E-state index contributed by atoms with van der Waals surface area (Å²) in [7, 11) is -0.300. The summed E-state index contributed by atoms with van der Waals surface area (Å²) < 4.78 is 23.3. The second-order valence-electron chi connectivity index (χ2n) is 10.1. The SMILES string of the molecule is CO[Si](CCCOc1ccc(O)cc1[P+](c1ccc(C)cc1)(c1ccc(C)cc1)c1ccc(C)cc1)(OC)OC.[Br-]. The molecule has 0 atom stereocenters. The molecule has 0 fully saturated rings. The Morgan fingerprint density at radius 2 is 1.05 bits per heavy atom. The fourth-order valence-electron chi connectivity index (χ4n) is 5.09. The van der Waals surface area contributed by atoms with Gasteiger partial charge < -0.3 is 40.1 Å². The molecular weight excluding hydrogens is 615 g/mol. The Bertz CT molecular complexity index is 1270. The van der Waals surface area contributed by atoms with Crippen molar-refractivity contribution in [1.82, 2.24) is 0 Å². The summed E-state index contributed by atoms with van der Waals surface area (Å²) in [5, 5.41) is 15.4. The van der Waals surface area contributed by atoms with E-state index in [-0.39, 0.29) is 22.7 Å². The van der Waals surface area contributed by atoms with Crippen molar-refractivity contribution in [2.45, 2.75) is 33.2 Å². The van der Waals surface area contributed by atoms with E-state index in [2.05, 4.69) is 93.6 Å². The molecule has 5 nitrogen and oxygen atoms in total. The van der Waals surface area contributed by atoms with Crippen molar-refractivity contribution in [2.75, 3.05) is 27.9 Å². The maximum absolute atomic E-state index is 10.9. The van der Waals surface area contributed by atoms with E-state index in [1.807, 2.05) is 12.1 Å². The first-order valence-electron chi connectivity index (χ1n) is 13.5. The van der Waals surface area contributed by atoms with E-state index < -0.39 is 16.1 Å². The summed E-state index contributed by atoms with van der Waals surface area (Å²) in [4.78, 5) is 0. The Morgan fingerprint density at radius 3 is 1.44 bits per heavy atom. The van der Waals surface area contributed by atoms with Crippen molar-refractivity contribution in [3.8, 4) is 11.5 Å². The quantitative estimate of drug-likeness (QED) is 0.145. The number of aromatic hydroxyl groups is 1. The van der Waals surface area contributed by atoms with Crippen LogP contribution in [0.2, 0.25) is 6.04 Å². The van der Waals surface area contributed by atoms with Crippen LogP contribution in [-0.4, -0.2) is 41.8 Å². The number of ether oxygens (including phenoxy) is 1. The van der Waals surface area contributed by atoms with Crippen LogP contribution in [0.4, 0.5) is 0 Å². The van der Waals surface area contributed by atoms with Crippen LogP contribution < -0.4 is 42.9 Å². The fraction of sp³-hybridized carbons (Fsp3) is 0.273. The van der Waals surface area contributed by atoms with Gasteiger partial charge in [-0.05, 0) is 75.7 Å². The zero-order valence-corrected chi connectivity index (χ0v) is 28.2. The largest absolute Gasteiger partial charge is 1.00 e. The summed E-state index contributed by atoms with van der Waals surface area (Å²) in [6, 6.07) is 32.5. The van der Waals surface area contributed by atoms with Gasteiger partial charge in [0, 0.05) is 33.4 Å². The van der Waals surface area contributed by atoms with Gasteiger partial charge in [0.15, 0.2) is 11.1 Å². The Hall–Kier alpha value is -2.51. The zero-order chi connectivity index (χ0) is 28.8. The van der Waals surface area contributed by atoms with Gasteiger partial charge >= 0.3 is 8.80 Å². The number of rotatable bonds is 12. The minimum Gasteiger partial charge on any atom is -1.00 e. The van der Waals surface area contributed by atoms with Gasteiger partial charge in [-0.3, -0.25) is 0 Å². The average molecular weight is 656 g/mol. The lowest BCUT2D eigenvalue weighted by atomic mass is 10.2. The van der Waals surface area contributed by atoms with Crippen LogP contribution in [0.3, 0.4) is 0 Å². The molecule has 1 N–H and O–H groups in total. The number of phenols is 1. The molecule has 41 heavy (non-hydrogen) atoms. The van der Waals surface area contributed by atoms with Gasteiger partial charge in [0.2, 0.25) is 0 Å². The third kappa shape index (κ3) is 7.11. The Morgan fingerprint density at radius 1 is 0.634 bits per heavy atom. The molecule has 0 radical (unpaired) electrons. The van der Waals surface area contributed by atoms with Crippen molar-refractivity contribution in [2.24, 2.45) is 0 Å². The molecule has 0 saturated carbocycles. The van der Waals surface area contributed by atoms with Crippen LogP contribution in [0.5, 0.6) is 11.5 Å². The second-order valence-corrected chi connectivity index (χ2v) is 16.5. The molecule has 0 spiro atoms. The van der Waals surface area contributed by atoms with E-state index in [4.69, 9.17) is 18.0 Å². The lowest BCUT2D eigenvalue weighted by Gasteiger charge is -2.29. The highest BCUT2D eigenvalue weighted by Gasteiger charge is 2.50. The molecule has 0 aliphatic heterocycles. The van der Waals surface area contributed by atoms with Crippen LogP contribution in [-0.2, 0) is 13.3 Å². The predicted octanol–water partition coefficient (Wildman–Crippen LogP) is 2.59. The standard InChI is InChI=1S/C33H39O5PSi.BrH/c1-25-8-15-29(16-9-25)39(30-17-10-26(2)11-18-30,31-19-12-27(3)13-20-31)33-24-28(34)14-21-32(33)38-22-7-23-40(35-4,36-5)37-6;/h8-21,24H,7,22-23H2,1-6H3;1H. The molecular formula is C33H40BrO5PSi. The van der Waals surface area contributed by atoms with Crippen LogP contribution in [0.1, 0.15) is 23.1 Å². The van der Waals surface area contributed by atoms with Crippen LogP contribution in [0.25, 0.3) is 0 Å². The van der Waals surface area contributed by atoms with Gasteiger partial charge in [-0.25, -0.2) is 0 Å². The minimum atomic E-state index is -2.70. The molecule has 0 bridgehead atoms. The molecule has 0 saturated heterocycles. The van der Waals surface area contributed by atoms with Crippen molar-refractivity contribution >= 4 is 37.3 Å². The van der Waals surface area contributed by atoms with E-state index in [0.717, 1.165) is 11.1 Å². The van der Waals surface area contributed by atoms with Crippen molar-refractivity contribution < 1.29 is 40.1 Å². The summed E-state index contributed by atoms with van der Waals surface area (Å²) in [6.07, 6.45) is 0.701. The van der Waals surface area contributed by atoms with E-state index in [9.17, 15) is 5.11 Å². The Kier molecular flexibility index (Phi) is 11.7. The molecule has 4 rings (SSSR count). The molecule has 0 aromatic heterocycles. The number of hydrogen-bond acceptors (Lipinski definition) is 5. The van der Waals surface area contributed by atoms with Gasteiger partial charge in [0.1, 0.15) is 28.9 Å². The average Bonchev–Trinajstić information content (AvgIpc) is 2.97. The Balaban J connectivity index is 0.00000462. The molecule has 8 heteroatoms. The second kappa shape index (κ2) is 14.6. The highest BCUT2D eigenvalue weighted by Crippen LogP contribution is 2.56. The van der Waals surface area contributed by atoms with Crippen LogP contribution in [0.15, 0.2) is 91.0 Å². The van der Waals surface area contributed by atoms with Gasteiger partial charge in [0.25, 0.3) is 0 Å². The number of benzene rings is 4. The number of phenolic OH excluding ortho intramolecular Hbond substituents is 1. The first-order chi connectivity index (χ1) is 19.3. The summed E-state index contributed by atoms with van der Waals surface area (Å²) >= 11 is 0. The highest BCUT2D eigenvalue weighted by atomic mass is 79.9. The van der Waals surface area contributed by atoms with Crippen molar-refractivity contribution in [1.29, 1.82) is 0 Å². The molecule has 4 aromatic carbocycles. The Labute approximate surface area is 256 Å². The van der Waals surface area contributed by atoms with E-state index in [1.54, 1.807) is 27.4 Å². The molecule has 0 amide bonds. The zero-order valence-electron chi connectivity index (χ0n) is 24.7. The molecule has 0 unspecified atom stereocenters.